The Bertz CT molecular complexity index is 857. The van der Waals surface area contributed by atoms with Crippen LogP contribution in [0.3, 0.4) is 0 Å². The van der Waals surface area contributed by atoms with Crippen molar-refractivity contribution in [2.75, 3.05) is 26.7 Å². The van der Waals surface area contributed by atoms with Gasteiger partial charge in [0.15, 0.2) is 5.82 Å². The van der Waals surface area contributed by atoms with Crippen molar-refractivity contribution in [2.45, 2.75) is 45.7 Å². The van der Waals surface area contributed by atoms with E-state index in [2.05, 4.69) is 52.5 Å². The lowest BCUT2D eigenvalue weighted by Crippen LogP contribution is -2.40. The van der Waals surface area contributed by atoms with Crippen LogP contribution in [0.4, 0.5) is 0 Å². The smallest absolute Gasteiger partial charge is 0.245 e. The Morgan fingerprint density at radius 1 is 1.40 bits per heavy atom. The fraction of sp³-hybridized carbons (Fsp3) is 0.545. The molecule has 1 amide bonds. The minimum Gasteiger partial charge on any atom is -0.496 e. The summed E-state index contributed by atoms with van der Waals surface area (Å²) in [6.45, 7) is 10.9. The van der Waals surface area contributed by atoms with Crippen LogP contribution in [0.15, 0.2) is 30.9 Å². The van der Waals surface area contributed by atoms with E-state index in [0.29, 0.717) is 5.92 Å². The fourth-order valence-electron chi connectivity index (χ4n) is 3.93. The number of benzene rings is 1. The lowest BCUT2D eigenvalue weighted by Gasteiger charge is -2.32. The van der Waals surface area contributed by atoms with Crippen LogP contribution < -0.4 is 10.1 Å². The van der Waals surface area contributed by atoms with Crippen LogP contribution in [0, 0.1) is 12.8 Å². The first-order chi connectivity index (χ1) is 14.6. The second-order valence-corrected chi connectivity index (χ2v) is 7.80. The number of tetrazole rings is 1. The average Bonchev–Trinajstić information content (AvgIpc) is 3.23. The van der Waals surface area contributed by atoms with E-state index in [4.69, 9.17) is 4.74 Å². The second kappa shape index (κ2) is 10.3. The summed E-state index contributed by atoms with van der Waals surface area (Å²) in [7, 11) is 1.69. The Kier molecular flexibility index (Phi) is 7.57. The number of nitrogens with zero attached hydrogens (tertiary/aromatic N) is 5. The van der Waals surface area contributed by atoms with E-state index in [1.165, 1.54) is 6.08 Å². The van der Waals surface area contributed by atoms with Gasteiger partial charge in [-0.3, -0.25) is 4.79 Å². The Labute approximate surface area is 178 Å². The summed E-state index contributed by atoms with van der Waals surface area (Å²) in [4.78, 5) is 13.7. The number of likely N-dealkylation sites (tertiary alicyclic amines) is 1. The lowest BCUT2D eigenvalue weighted by atomic mass is 9.95. The number of carbonyl (C=O) groups is 1. The van der Waals surface area contributed by atoms with Gasteiger partial charge in [0.25, 0.3) is 0 Å². The number of ether oxygens (including phenoxy) is 1. The van der Waals surface area contributed by atoms with E-state index in [-0.39, 0.29) is 11.9 Å². The van der Waals surface area contributed by atoms with E-state index in [9.17, 15) is 4.79 Å². The molecule has 0 spiro atoms. The molecule has 0 aliphatic carbocycles. The number of methoxy groups -OCH3 is 1. The molecule has 162 valence electrons. The van der Waals surface area contributed by atoms with Crippen molar-refractivity contribution in [2.24, 2.45) is 5.92 Å². The average molecular weight is 413 g/mol. The second-order valence-electron chi connectivity index (χ2n) is 7.80. The third-order valence-electron chi connectivity index (χ3n) is 5.73. The molecule has 1 atom stereocenters. The number of carbonyl (C=O) groups excluding carboxylic acids is 1. The highest BCUT2D eigenvalue weighted by Gasteiger charge is 2.25. The van der Waals surface area contributed by atoms with Gasteiger partial charge in [-0.2, -0.15) is 0 Å². The highest BCUT2D eigenvalue weighted by atomic mass is 16.5. The summed E-state index contributed by atoms with van der Waals surface area (Å²) in [5, 5.41) is 16.1. The molecule has 1 aromatic heterocycles. The number of piperidine rings is 1. The van der Waals surface area contributed by atoms with Gasteiger partial charge in [0.05, 0.1) is 13.2 Å². The molecule has 0 saturated carbocycles. The lowest BCUT2D eigenvalue weighted by molar-refractivity contribution is -0.127. The predicted octanol–water partition coefficient (Wildman–Crippen LogP) is 2.50. The third-order valence-corrected chi connectivity index (χ3v) is 5.73. The molecule has 0 radical (unpaired) electrons. The normalized spacial score (nSPS) is 15.8. The number of hydrogen-bond acceptors (Lipinski definition) is 6. The molecular weight excluding hydrogens is 380 g/mol. The van der Waals surface area contributed by atoms with Gasteiger partial charge in [0.1, 0.15) is 5.75 Å². The Morgan fingerprint density at radius 2 is 2.17 bits per heavy atom. The number of aryl methyl sites for hydroxylation is 2. The van der Waals surface area contributed by atoms with Gasteiger partial charge in [-0.1, -0.05) is 25.6 Å². The van der Waals surface area contributed by atoms with Crippen LogP contribution in [0.2, 0.25) is 0 Å². The molecule has 1 unspecified atom stereocenters. The molecule has 8 heteroatoms. The Hall–Kier alpha value is -2.74. The maximum atomic E-state index is 11.8. The third kappa shape index (κ3) is 5.05. The summed E-state index contributed by atoms with van der Waals surface area (Å²) < 4.78 is 7.41. The maximum Gasteiger partial charge on any atom is 0.245 e. The molecule has 1 aliphatic heterocycles. The van der Waals surface area contributed by atoms with Crippen molar-refractivity contribution in [1.29, 1.82) is 0 Å². The number of hydrogen-bond donors (Lipinski definition) is 1. The van der Waals surface area contributed by atoms with Gasteiger partial charge in [-0.15, -0.1) is 5.10 Å². The van der Waals surface area contributed by atoms with Crippen LogP contribution in [0.5, 0.6) is 5.75 Å². The van der Waals surface area contributed by atoms with Crippen LogP contribution in [0.25, 0.3) is 0 Å². The SMILES string of the molecule is C=CC(=O)N1CCC(CNC(c2ccc(C)c(OC)c2)c2nnnn2CCC)CC1. The van der Waals surface area contributed by atoms with Crippen molar-refractivity contribution in [3.05, 3.63) is 47.8 Å². The van der Waals surface area contributed by atoms with E-state index < -0.39 is 0 Å². The Balaban J connectivity index is 1.76. The highest BCUT2D eigenvalue weighted by Crippen LogP contribution is 2.27. The molecule has 2 heterocycles. The summed E-state index contributed by atoms with van der Waals surface area (Å²) in [5.41, 5.74) is 2.16. The van der Waals surface area contributed by atoms with E-state index in [1.54, 1.807) is 7.11 Å². The van der Waals surface area contributed by atoms with E-state index in [1.807, 2.05) is 16.5 Å². The summed E-state index contributed by atoms with van der Waals surface area (Å²) in [6, 6.07) is 6.10. The summed E-state index contributed by atoms with van der Waals surface area (Å²) in [6.07, 6.45) is 4.29. The maximum absolute atomic E-state index is 11.8. The zero-order chi connectivity index (χ0) is 21.5. The van der Waals surface area contributed by atoms with E-state index in [0.717, 1.165) is 68.1 Å². The largest absolute Gasteiger partial charge is 0.496 e. The number of rotatable bonds is 9. The van der Waals surface area contributed by atoms with Crippen molar-refractivity contribution in [3.63, 3.8) is 0 Å². The van der Waals surface area contributed by atoms with Gasteiger partial charge >= 0.3 is 0 Å². The molecule has 1 aliphatic rings. The van der Waals surface area contributed by atoms with Crippen molar-refractivity contribution < 1.29 is 9.53 Å². The van der Waals surface area contributed by atoms with Gasteiger partial charge in [0.2, 0.25) is 5.91 Å². The topological polar surface area (TPSA) is 85.2 Å². The van der Waals surface area contributed by atoms with Crippen molar-refractivity contribution >= 4 is 5.91 Å². The molecule has 3 rings (SSSR count). The Morgan fingerprint density at radius 3 is 2.83 bits per heavy atom. The minimum atomic E-state index is -0.131. The van der Waals surface area contributed by atoms with Gasteiger partial charge in [0, 0.05) is 19.6 Å². The van der Waals surface area contributed by atoms with Crippen LogP contribution >= 0.6 is 0 Å². The fourth-order valence-corrected chi connectivity index (χ4v) is 3.93. The monoisotopic (exact) mass is 412 g/mol. The molecule has 2 aromatic rings. The van der Waals surface area contributed by atoms with Crippen LogP contribution in [-0.4, -0.2) is 57.8 Å². The van der Waals surface area contributed by atoms with Crippen LogP contribution in [0.1, 0.15) is 49.2 Å². The van der Waals surface area contributed by atoms with Gasteiger partial charge < -0.3 is 15.0 Å². The quantitative estimate of drug-likeness (QED) is 0.637. The molecule has 1 N–H and O–H groups in total. The number of amides is 1. The van der Waals surface area contributed by atoms with Crippen molar-refractivity contribution in [3.8, 4) is 5.75 Å². The van der Waals surface area contributed by atoms with Crippen molar-refractivity contribution in [1.82, 2.24) is 30.4 Å². The summed E-state index contributed by atoms with van der Waals surface area (Å²) >= 11 is 0. The van der Waals surface area contributed by atoms with E-state index >= 15 is 0 Å². The first kappa shape index (κ1) is 22.0. The standard InChI is InChI=1S/C22H32N6O2/c1-5-11-28-22(24-25-26-28)21(18-8-7-16(3)19(14-18)30-4)23-15-17-9-12-27(13-10-17)20(29)6-2/h6-8,14,17,21,23H,2,5,9-13,15H2,1,3-4H3. The number of nitrogens with one attached hydrogen (secondary N) is 1. The minimum absolute atomic E-state index is 0.0183. The zero-order valence-electron chi connectivity index (χ0n) is 18.2. The van der Waals surface area contributed by atoms with Gasteiger partial charge in [-0.25, -0.2) is 4.68 Å². The first-order valence-electron chi connectivity index (χ1n) is 10.6. The zero-order valence-corrected chi connectivity index (χ0v) is 18.2. The molecule has 1 aromatic carbocycles. The predicted molar refractivity (Wildman–Crippen MR) is 115 cm³/mol. The first-order valence-corrected chi connectivity index (χ1v) is 10.6. The van der Waals surface area contributed by atoms with Gasteiger partial charge in [-0.05, 0) is 72.3 Å². The molecule has 30 heavy (non-hydrogen) atoms. The molecule has 0 bridgehead atoms. The summed E-state index contributed by atoms with van der Waals surface area (Å²) in [5.74, 6) is 2.17. The molecule has 1 saturated heterocycles. The molecule has 1 fully saturated rings. The molecular formula is C22H32N6O2. The molecule has 8 nitrogen and oxygen atoms in total. The van der Waals surface area contributed by atoms with Crippen LogP contribution in [-0.2, 0) is 11.3 Å². The highest BCUT2D eigenvalue weighted by molar-refractivity contribution is 5.87. The number of aromatic nitrogens is 4.